The topological polar surface area (TPSA) is 75.9 Å². The van der Waals surface area contributed by atoms with Crippen molar-refractivity contribution in [3.8, 4) is 11.4 Å². The maximum Gasteiger partial charge on any atom is 0.434 e. The summed E-state index contributed by atoms with van der Waals surface area (Å²) in [7, 11) is 0. The number of nitrogens with one attached hydrogen (secondary N) is 1. The summed E-state index contributed by atoms with van der Waals surface area (Å²) >= 11 is 5.83. The number of imidazole rings is 1. The Bertz CT molecular complexity index is 1130. The van der Waals surface area contributed by atoms with Crippen LogP contribution in [-0.2, 0) is 17.5 Å². The predicted octanol–water partition coefficient (Wildman–Crippen LogP) is 4.37. The lowest BCUT2D eigenvalue weighted by Crippen LogP contribution is -2.38. The van der Waals surface area contributed by atoms with E-state index >= 15 is 0 Å². The van der Waals surface area contributed by atoms with Crippen molar-refractivity contribution in [3.05, 3.63) is 53.2 Å². The molecule has 0 spiro atoms. The molecule has 1 aromatic carbocycles. The zero-order valence-corrected chi connectivity index (χ0v) is 16.1. The Hall–Kier alpha value is -3.28. The molecule has 1 N–H and O–H groups in total. The molecule has 1 amide bonds. The van der Waals surface area contributed by atoms with Crippen LogP contribution in [0.15, 0.2) is 36.7 Å². The van der Waals surface area contributed by atoms with Crippen molar-refractivity contribution in [1.29, 1.82) is 0 Å². The van der Waals surface area contributed by atoms with Crippen molar-refractivity contribution in [2.24, 2.45) is 0 Å². The van der Waals surface area contributed by atoms with Crippen molar-refractivity contribution < 1.29 is 26.7 Å². The number of carbonyl (C=O) groups is 1. The van der Waals surface area contributed by atoms with E-state index in [1.165, 1.54) is 18.3 Å². The number of carbonyl (C=O) groups excluding carboxylic acids is 1. The number of anilines is 2. The summed E-state index contributed by atoms with van der Waals surface area (Å²) < 4.78 is 65.2. The van der Waals surface area contributed by atoms with Crippen molar-refractivity contribution in [1.82, 2.24) is 19.5 Å². The van der Waals surface area contributed by atoms with Crippen LogP contribution in [0.2, 0.25) is 5.28 Å². The maximum atomic E-state index is 13.2. The number of amides is 1. The van der Waals surface area contributed by atoms with E-state index in [1.807, 2.05) is 0 Å². The molecule has 0 atom stereocenters. The fourth-order valence-corrected chi connectivity index (χ4v) is 3.25. The van der Waals surface area contributed by atoms with Gasteiger partial charge in [0.25, 0.3) is 0 Å². The van der Waals surface area contributed by atoms with Crippen molar-refractivity contribution in [2.45, 2.75) is 19.3 Å². The number of halogens is 6. The molecule has 2 aromatic heterocycles. The average molecular weight is 459 g/mol. The van der Waals surface area contributed by atoms with Gasteiger partial charge in [0, 0.05) is 18.3 Å². The molecule has 0 aliphatic carbocycles. The Morgan fingerprint density at radius 2 is 1.87 bits per heavy atom. The van der Waals surface area contributed by atoms with Crippen molar-refractivity contribution >= 4 is 29.0 Å². The van der Waals surface area contributed by atoms with E-state index in [0.717, 1.165) is 0 Å². The second-order valence-electron chi connectivity index (χ2n) is 6.61. The zero-order chi connectivity index (χ0) is 22.3. The highest BCUT2D eigenvalue weighted by Crippen LogP contribution is 2.34. The van der Waals surface area contributed by atoms with Crippen LogP contribution < -0.4 is 10.2 Å². The van der Waals surface area contributed by atoms with Crippen LogP contribution in [0.5, 0.6) is 0 Å². The van der Waals surface area contributed by atoms with Gasteiger partial charge in [-0.2, -0.15) is 26.9 Å². The fourth-order valence-electron chi connectivity index (χ4n) is 3.12. The molecule has 3 aromatic rings. The lowest BCUT2D eigenvalue weighted by molar-refractivity contribution is -0.141. The molecule has 4 rings (SSSR count). The molecule has 1 aliphatic heterocycles. The Labute approximate surface area is 176 Å². The van der Waals surface area contributed by atoms with Crippen LogP contribution >= 0.6 is 11.6 Å². The standard InChI is InChI=1S/C18H12ClF5N6O/c19-16-25-5-11-15(28-16)29(8-13(31)26-11)6-9-1-3-10(4-2-9)14-27-12(18(22,23)24)7-30(14)17(20)21/h1-5,7,17H,6,8H2,(H,26,31). The molecule has 0 unspecified atom stereocenters. The fraction of sp³-hybridized carbons (Fsp3) is 0.222. The molecular weight excluding hydrogens is 447 g/mol. The van der Waals surface area contributed by atoms with E-state index in [-0.39, 0.29) is 40.6 Å². The number of alkyl halides is 5. The van der Waals surface area contributed by atoms with E-state index < -0.39 is 24.2 Å². The number of benzene rings is 1. The first-order valence-corrected chi connectivity index (χ1v) is 9.10. The maximum absolute atomic E-state index is 13.2. The summed E-state index contributed by atoms with van der Waals surface area (Å²) in [6.45, 7) is -2.98. The van der Waals surface area contributed by atoms with Crippen molar-refractivity contribution in [2.75, 3.05) is 16.8 Å². The largest absolute Gasteiger partial charge is 0.434 e. The molecule has 3 heterocycles. The Morgan fingerprint density at radius 1 is 1.16 bits per heavy atom. The monoisotopic (exact) mass is 458 g/mol. The van der Waals surface area contributed by atoms with E-state index in [4.69, 9.17) is 11.6 Å². The number of fused-ring (bicyclic) bond motifs is 1. The summed E-state index contributed by atoms with van der Waals surface area (Å²) in [5, 5.41) is 2.62. The highest BCUT2D eigenvalue weighted by Gasteiger charge is 2.36. The van der Waals surface area contributed by atoms with Gasteiger partial charge in [0.2, 0.25) is 11.2 Å². The lowest BCUT2D eigenvalue weighted by Gasteiger charge is -2.29. The molecule has 0 radical (unpaired) electrons. The molecule has 0 saturated heterocycles. The molecule has 0 bridgehead atoms. The summed E-state index contributed by atoms with van der Waals surface area (Å²) in [6, 6.07) is 5.85. The van der Waals surface area contributed by atoms with Gasteiger partial charge < -0.3 is 10.2 Å². The van der Waals surface area contributed by atoms with Crippen LogP contribution in [0.4, 0.5) is 33.5 Å². The van der Waals surface area contributed by atoms with Crippen LogP contribution in [0.3, 0.4) is 0 Å². The summed E-state index contributed by atoms with van der Waals surface area (Å²) in [4.78, 5) is 24.8. The van der Waals surface area contributed by atoms with Crippen LogP contribution in [0.1, 0.15) is 17.8 Å². The molecule has 162 valence electrons. The van der Waals surface area contributed by atoms with Gasteiger partial charge in [-0.3, -0.25) is 9.36 Å². The zero-order valence-electron chi connectivity index (χ0n) is 15.4. The molecule has 1 aliphatic rings. The van der Waals surface area contributed by atoms with Gasteiger partial charge in [0.05, 0.1) is 12.7 Å². The first kappa shape index (κ1) is 21.0. The lowest BCUT2D eigenvalue weighted by atomic mass is 10.1. The molecule has 0 saturated carbocycles. The van der Waals surface area contributed by atoms with Gasteiger partial charge in [-0.1, -0.05) is 24.3 Å². The second kappa shape index (κ2) is 7.76. The normalized spacial score (nSPS) is 14.0. The molecule has 0 fully saturated rings. The first-order valence-electron chi connectivity index (χ1n) is 8.72. The molecular formula is C18H12ClF5N6O. The Balaban J connectivity index is 1.61. The minimum Gasteiger partial charge on any atom is -0.341 e. The quantitative estimate of drug-likeness (QED) is 0.464. The van der Waals surface area contributed by atoms with Gasteiger partial charge in [-0.15, -0.1) is 0 Å². The smallest absolute Gasteiger partial charge is 0.341 e. The minimum atomic E-state index is -4.85. The summed E-state index contributed by atoms with van der Waals surface area (Å²) in [5.74, 6) is -0.378. The minimum absolute atomic E-state index is 0.00505. The van der Waals surface area contributed by atoms with Crippen molar-refractivity contribution in [3.63, 3.8) is 0 Å². The SMILES string of the molecule is O=C1CN(Cc2ccc(-c3nc(C(F)(F)F)cn3C(F)F)cc2)c2nc(Cl)ncc2N1. The molecule has 31 heavy (non-hydrogen) atoms. The Morgan fingerprint density at radius 3 is 2.52 bits per heavy atom. The predicted molar refractivity (Wildman–Crippen MR) is 101 cm³/mol. The van der Waals surface area contributed by atoms with E-state index in [0.29, 0.717) is 17.1 Å². The average Bonchev–Trinajstić information content (AvgIpc) is 3.15. The van der Waals surface area contributed by atoms with E-state index in [9.17, 15) is 26.7 Å². The highest BCUT2D eigenvalue weighted by atomic mass is 35.5. The second-order valence-corrected chi connectivity index (χ2v) is 6.95. The number of rotatable bonds is 4. The van der Waals surface area contributed by atoms with Crippen LogP contribution in [0, 0.1) is 0 Å². The molecule has 7 nitrogen and oxygen atoms in total. The van der Waals surface area contributed by atoms with Gasteiger partial charge in [0.15, 0.2) is 11.5 Å². The number of hydrogen-bond donors (Lipinski definition) is 1. The molecule has 13 heteroatoms. The third-order valence-electron chi connectivity index (χ3n) is 4.47. The van der Waals surface area contributed by atoms with Crippen LogP contribution in [-0.4, -0.2) is 32.0 Å². The van der Waals surface area contributed by atoms with E-state index in [2.05, 4.69) is 20.3 Å². The van der Waals surface area contributed by atoms with Gasteiger partial charge in [-0.05, 0) is 17.2 Å². The Kier molecular flexibility index (Phi) is 5.25. The summed E-state index contributed by atoms with van der Waals surface area (Å²) in [6.07, 6.45) is -3.19. The highest BCUT2D eigenvalue weighted by molar-refractivity contribution is 6.28. The first-order chi connectivity index (χ1) is 14.6. The third kappa shape index (κ3) is 4.29. The van der Waals surface area contributed by atoms with Gasteiger partial charge in [0.1, 0.15) is 11.5 Å². The number of hydrogen-bond acceptors (Lipinski definition) is 5. The third-order valence-corrected chi connectivity index (χ3v) is 4.65. The van der Waals surface area contributed by atoms with Gasteiger partial charge in [-0.25, -0.2) is 9.97 Å². The van der Waals surface area contributed by atoms with E-state index in [1.54, 1.807) is 17.0 Å². The number of aromatic nitrogens is 4. The van der Waals surface area contributed by atoms with Crippen LogP contribution in [0.25, 0.3) is 11.4 Å². The number of nitrogens with zero attached hydrogens (tertiary/aromatic N) is 5. The summed E-state index contributed by atoms with van der Waals surface area (Å²) in [5.41, 5.74) is -0.276. The van der Waals surface area contributed by atoms with Gasteiger partial charge >= 0.3 is 12.7 Å².